The lowest BCUT2D eigenvalue weighted by atomic mass is 10.3. The number of carboxylic acids is 1. The van der Waals surface area contributed by atoms with Crippen LogP contribution < -0.4 is 0 Å². The second-order valence-corrected chi connectivity index (χ2v) is 5.34. The SMILES string of the molecule is COCC(C)OCC(O)CSc1ccnc(C(=O)O)c1. The fourth-order valence-electron chi connectivity index (χ4n) is 1.42. The smallest absolute Gasteiger partial charge is 0.354 e. The van der Waals surface area contributed by atoms with Gasteiger partial charge in [0.1, 0.15) is 5.69 Å². The first-order valence-electron chi connectivity index (χ1n) is 6.13. The number of ether oxygens (including phenoxy) is 2. The van der Waals surface area contributed by atoms with Gasteiger partial charge in [0.05, 0.1) is 25.4 Å². The van der Waals surface area contributed by atoms with Crippen molar-refractivity contribution in [2.75, 3.05) is 26.1 Å². The fraction of sp³-hybridized carbons (Fsp3) is 0.538. The van der Waals surface area contributed by atoms with Gasteiger partial charge in [-0.2, -0.15) is 0 Å². The standard InChI is InChI=1S/C13H19NO5S/c1-9(6-18-2)19-7-10(15)8-20-11-3-4-14-12(5-11)13(16)17/h3-5,9-10,15H,6-8H2,1-2H3,(H,16,17). The number of carboxylic acid groups (broad SMARTS) is 1. The van der Waals surface area contributed by atoms with Gasteiger partial charge in [-0.3, -0.25) is 0 Å². The molecule has 1 aromatic rings. The van der Waals surface area contributed by atoms with Gasteiger partial charge in [0.2, 0.25) is 0 Å². The number of aromatic nitrogens is 1. The maximum Gasteiger partial charge on any atom is 0.354 e. The summed E-state index contributed by atoms with van der Waals surface area (Å²) in [7, 11) is 1.59. The Morgan fingerprint density at radius 2 is 2.25 bits per heavy atom. The molecule has 2 unspecified atom stereocenters. The van der Waals surface area contributed by atoms with Crippen molar-refractivity contribution in [2.45, 2.75) is 24.0 Å². The number of pyridine rings is 1. The number of hydrogen-bond acceptors (Lipinski definition) is 6. The van der Waals surface area contributed by atoms with Gasteiger partial charge in [0.25, 0.3) is 0 Å². The Morgan fingerprint density at radius 3 is 2.90 bits per heavy atom. The van der Waals surface area contributed by atoms with Crippen LogP contribution in [0.1, 0.15) is 17.4 Å². The lowest BCUT2D eigenvalue weighted by Crippen LogP contribution is -2.24. The van der Waals surface area contributed by atoms with E-state index in [-0.39, 0.29) is 18.4 Å². The molecule has 0 fully saturated rings. The molecule has 0 aliphatic heterocycles. The average Bonchev–Trinajstić information content (AvgIpc) is 2.43. The summed E-state index contributed by atoms with van der Waals surface area (Å²) in [5, 5.41) is 18.6. The van der Waals surface area contributed by atoms with Crippen LogP contribution in [0.25, 0.3) is 0 Å². The minimum atomic E-state index is -1.07. The molecule has 1 aromatic heterocycles. The summed E-state index contributed by atoms with van der Waals surface area (Å²) in [5.41, 5.74) is -0.00513. The Hall–Kier alpha value is -1.15. The van der Waals surface area contributed by atoms with E-state index in [1.807, 2.05) is 6.92 Å². The molecule has 7 heteroatoms. The zero-order chi connectivity index (χ0) is 15.0. The first-order chi connectivity index (χ1) is 9.52. The maximum atomic E-state index is 10.8. The van der Waals surface area contributed by atoms with Crippen LogP contribution in [-0.4, -0.2) is 59.5 Å². The van der Waals surface area contributed by atoms with Gasteiger partial charge in [-0.25, -0.2) is 9.78 Å². The summed E-state index contributed by atoms with van der Waals surface area (Å²) in [6, 6.07) is 3.19. The molecule has 0 aromatic carbocycles. The largest absolute Gasteiger partial charge is 0.477 e. The monoisotopic (exact) mass is 301 g/mol. The predicted molar refractivity (Wildman–Crippen MR) is 75.2 cm³/mol. The molecular weight excluding hydrogens is 282 g/mol. The second-order valence-electron chi connectivity index (χ2n) is 4.25. The van der Waals surface area contributed by atoms with Crippen molar-refractivity contribution in [1.29, 1.82) is 0 Å². The van der Waals surface area contributed by atoms with Crippen LogP contribution in [0.4, 0.5) is 0 Å². The van der Waals surface area contributed by atoms with Crippen molar-refractivity contribution in [2.24, 2.45) is 0 Å². The molecule has 0 aliphatic carbocycles. The normalized spacial score (nSPS) is 13.9. The Bertz CT molecular complexity index is 429. The van der Waals surface area contributed by atoms with Gasteiger partial charge < -0.3 is 19.7 Å². The molecule has 112 valence electrons. The Labute approximate surface area is 122 Å². The number of nitrogens with zero attached hydrogens (tertiary/aromatic N) is 1. The van der Waals surface area contributed by atoms with E-state index in [0.717, 1.165) is 4.90 Å². The van der Waals surface area contributed by atoms with E-state index < -0.39 is 12.1 Å². The van der Waals surface area contributed by atoms with Crippen molar-refractivity contribution in [3.05, 3.63) is 24.0 Å². The van der Waals surface area contributed by atoms with Crippen LogP contribution in [0.15, 0.2) is 23.2 Å². The zero-order valence-corrected chi connectivity index (χ0v) is 12.3. The Balaban J connectivity index is 2.35. The first kappa shape index (κ1) is 16.9. The molecular formula is C13H19NO5S. The highest BCUT2D eigenvalue weighted by Gasteiger charge is 2.10. The van der Waals surface area contributed by atoms with E-state index in [0.29, 0.717) is 12.4 Å². The van der Waals surface area contributed by atoms with Crippen molar-refractivity contribution >= 4 is 17.7 Å². The van der Waals surface area contributed by atoms with Gasteiger partial charge in [0.15, 0.2) is 0 Å². The molecule has 0 spiro atoms. The van der Waals surface area contributed by atoms with Gasteiger partial charge in [-0.15, -0.1) is 11.8 Å². The van der Waals surface area contributed by atoms with E-state index in [1.54, 1.807) is 13.2 Å². The van der Waals surface area contributed by atoms with Crippen molar-refractivity contribution in [3.63, 3.8) is 0 Å². The summed E-state index contributed by atoms with van der Waals surface area (Å²) >= 11 is 1.36. The van der Waals surface area contributed by atoms with E-state index in [2.05, 4.69) is 4.98 Å². The number of methoxy groups -OCH3 is 1. The number of thioether (sulfide) groups is 1. The van der Waals surface area contributed by atoms with Crippen LogP contribution in [0, 0.1) is 0 Å². The highest BCUT2D eigenvalue weighted by Crippen LogP contribution is 2.19. The van der Waals surface area contributed by atoms with Crippen LogP contribution in [0.3, 0.4) is 0 Å². The van der Waals surface area contributed by atoms with Gasteiger partial charge >= 0.3 is 5.97 Å². The van der Waals surface area contributed by atoms with Gasteiger partial charge in [-0.1, -0.05) is 0 Å². The lowest BCUT2D eigenvalue weighted by Gasteiger charge is -2.15. The van der Waals surface area contributed by atoms with Crippen LogP contribution >= 0.6 is 11.8 Å². The Morgan fingerprint density at radius 1 is 1.50 bits per heavy atom. The van der Waals surface area contributed by atoms with E-state index in [1.165, 1.54) is 24.0 Å². The maximum absolute atomic E-state index is 10.8. The summed E-state index contributed by atoms with van der Waals surface area (Å²) in [6.07, 6.45) is 0.745. The topological polar surface area (TPSA) is 88.9 Å². The van der Waals surface area contributed by atoms with Crippen LogP contribution in [0.5, 0.6) is 0 Å². The molecule has 0 amide bonds. The summed E-state index contributed by atoms with van der Waals surface area (Å²) in [6.45, 7) is 2.56. The third-order valence-electron chi connectivity index (χ3n) is 2.37. The van der Waals surface area contributed by atoms with Crippen molar-refractivity contribution in [3.8, 4) is 0 Å². The number of rotatable bonds is 9. The number of aliphatic hydroxyl groups excluding tert-OH is 1. The van der Waals surface area contributed by atoms with Crippen LogP contribution in [0.2, 0.25) is 0 Å². The molecule has 0 radical (unpaired) electrons. The fourth-order valence-corrected chi connectivity index (χ4v) is 2.25. The van der Waals surface area contributed by atoms with E-state index >= 15 is 0 Å². The van der Waals surface area contributed by atoms with Crippen molar-refractivity contribution in [1.82, 2.24) is 4.98 Å². The molecule has 1 rings (SSSR count). The molecule has 2 N–H and O–H groups in total. The summed E-state index contributed by atoms with van der Waals surface area (Å²) in [4.78, 5) is 15.3. The number of aromatic carboxylic acids is 1. The molecule has 0 saturated carbocycles. The highest BCUT2D eigenvalue weighted by atomic mass is 32.2. The van der Waals surface area contributed by atoms with Crippen LogP contribution in [-0.2, 0) is 9.47 Å². The zero-order valence-electron chi connectivity index (χ0n) is 11.5. The van der Waals surface area contributed by atoms with E-state index in [4.69, 9.17) is 14.6 Å². The Kier molecular flexibility index (Phi) is 7.53. The average molecular weight is 301 g/mol. The quantitative estimate of drug-likeness (QED) is 0.664. The number of carbonyl (C=O) groups is 1. The molecule has 0 saturated heterocycles. The number of aliphatic hydroxyl groups is 1. The molecule has 6 nitrogen and oxygen atoms in total. The third kappa shape index (κ3) is 6.33. The van der Waals surface area contributed by atoms with Gasteiger partial charge in [-0.05, 0) is 19.1 Å². The second kappa shape index (κ2) is 8.91. The molecule has 0 bridgehead atoms. The highest BCUT2D eigenvalue weighted by molar-refractivity contribution is 7.99. The lowest BCUT2D eigenvalue weighted by molar-refractivity contribution is -0.0257. The predicted octanol–water partition coefficient (Wildman–Crippen LogP) is 1.28. The molecule has 2 atom stereocenters. The number of hydrogen-bond donors (Lipinski definition) is 2. The van der Waals surface area contributed by atoms with Crippen molar-refractivity contribution < 1.29 is 24.5 Å². The molecule has 1 heterocycles. The minimum absolute atomic E-state index is 0.00513. The summed E-state index contributed by atoms with van der Waals surface area (Å²) in [5.74, 6) is -0.646. The summed E-state index contributed by atoms with van der Waals surface area (Å²) < 4.78 is 10.3. The first-order valence-corrected chi connectivity index (χ1v) is 7.12. The molecule has 0 aliphatic rings. The minimum Gasteiger partial charge on any atom is -0.477 e. The van der Waals surface area contributed by atoms with E-state index in [9.17, 15) is 9.90 Å². The van der Waals surface area contributed by atoms with Gasteiger partial charge in [0, 0.05) is 24.0 Å². The molecule has 20 heavy (non-hydrogen) atoms. The third-order valence-corrected chi connectivity index (χ3v) is 3.51.